The van der Waals surface area contributed by atoms with Crippen LogP contribution in [0.4, 0.5) is 5.69 Å². The molecule has 0 aliphatic carbocycles. The van der Waals surface area contributed by atoms with Crippen molar-refractivity contribution in [2.24, 2.45) is 0 Å². The summed E-state index contributed by atoms with van der Waals surface area (Å²) in [5.74, 6) is -0.246. The lowest BCUT2D eigenvalue weighted by Crippen LogP contribution is -2.12. The van der Waals surface area contributed by atoms with Gasteiger partial charge in [0.05, 0.1) is 4.88 Å². The first-order valence-corrected chi connectivity index (χ1v) is 8.92. The zero-order valence-electron chi connectivity index (χ0n) is 13.5. The number of nitrogens with one attached hydrogen (secondary N) is 1. The monoisotopic (exact) mass is 337 g/mol. The summed E-state index contributed by atoms with van der Waals surface area (Å²) in [6.07, 6.45) is 3.38. The molecule has 4 heteroatoms. The van der Waals surface area contributed by atoms with E-state index in [4.69, 9.17) is 0 Å². The van der Waals surface area contributed by atoms with Crippen molar-refractivity contribution < 1.29 is 4.79 Å². The van der Waals surface area contributed by atoms with Gasteiger partial charge in [0.1, 0.15) is 0 Å². The normalized spacial score (nSPS) is 10.7. The number of hydrogen-bond donors (Lipinski definition) is 1. The number of hydrogen-bond acceptors (Lipinski definition) is 3. The average Bonchev–Trinajstić information content (AvgIpc) is 2.61. The molecule has 1 amide bonds. The van der Waals surface area contributed by atoms with Gasteiger partial charge in [-0.05, 0) is 48.1 Å². The highest BCUT2D eigenvalue weighted by atomic mass is 32.1. The predicted molar refractivity (Wildman–Crippen MR) is 101 cm³/mol. The van der Waals surface area contributed by atoms with Gasteiger partial charge in [-0.25, -0.2) is 0 Å². The van der Waals surface area contributed by atoms with Crippen LogP contribution in [0.25, 0.3) is 10.8 Å². The van der Waals surface area contributed by atoms with Crippen LogP contribution in [0.5, 0.6) is 0 Å². The van der Waals surface area contributed by atoms with Crippen molar-refractivity contribution in [1.29, 1.82) is 0 Å². The fourth-order valence-electron chi connectivity index (χ4n) is 2.57. The van der Waals surface area contributed by atoms with E-state index in [9.17, 15) is 9.59 Å². The number of anilines is 1. The summed E-state index contributed by atoms with van der Waals surface area (Å²) in [7, 11) is 0. The van der Waals surface area contributed by atoms with Crippen molar-refractivity contribution >= 4 is 33.7 Å². The number of amides is 1. The van der Waals surface area contributed by atoms with Gasteiger partial charge in [-0.2, -0.15) is 0 Å². The maximum Gasteiger partial charge on any atom is 0.265 e. The Balaban J connectivity index is 1.78. The second-order valence-electron chi connectivity index (χ2n) is 5.74. The minimum absolute atomic E-state index is 0.0897. The van der Waals surface area contributed by atoms with E-state index in [1.807, 2.05) is 42.5 Å². The summed E-state index contributed by atoms with van der Waals surface area (Å²) in [5, 5.41) is 4.31. The minimum Gasteiger partial charge on any atom is -0.321 e. The van der Waals surface area contributed by atoms with Crippen molar-refractivity contribution in [2.75, 3.05) is 5.32 Å². The van der Waals surface area contributed by atoms with Crippen LogP contribution in [0.3, 0.4) is 0 Å². The standard InChI is InChI=1S/C20H19NO2S/c1-2-3-6-14-9-11-16(12-10-14)21-19(22)18-13-15-7-4-5-8-17(15)20(23)24-18/h4-5,7-13H,2-3,6H2,1H3,(H,21,22). The van der Waals surface area contributed by atoms with Crippen LogP contribution in [-0.4, -0.2) is 5.91 Å². The molecule has 1 N–H and O–H groups in total. The summed E-state index contributed by atoms with van der Waals surface area (Å²) >= 11 is 0.981. The van der Waals surface area contributed by atoms with Gasteiger partial charge < -0.3 is 5.32 Å². The van der Waals surface area contributed by atoms with Crippen LogP contribution in [0, 0.1) is 0 Å². The second kappa shape index (κ2) is 7.41. The van der Waals surface area contributed by atoms with Crippen molar-refractivity contribution in [3.05, 3.63) is 74.6 Å². The average molecular weight is 337 g/mol. The number of carbonyl (C=O) groups is 1. The Bertz CT molecular complexity index is 913. The molecule has 3 aromatic rings. The highest BCUT2D eigenvalue weighted by Crippen LogP contribution is 2.17. The van der Waals surface area contributed by atoms with Gasteiger partial charge in [-0.1, -0.05) is 55.0 Å². The Morgan fingerprint density at radius 3 is 2.58 bits per heavy atom. The van der Waals surface area contributed by atoms with E-state index in [1.165, 1.54) is 12.0 Å². The number of benzene rings is 2. The maximum atomic E-state index is 12.4. The van der Waals surface area contributed by atoms with Crippen molar-refractivity contribution in [3.8, 4) is 0 Å². The van der Waals surface area contributed by atoms with E-state index in [1.54, 1.807) is 12.1 Å². The molecule has 2 aromatic carbocycles. The van der Waals surface area contributed by atoms with Crippen LogP contribution in [0.1, 0.15) is 35.0 Å². The zero-order chi connectivity index (χ0) is 16.9. The molecule has 122 valence electrons. The summed E-state index contributed by atoms with van der Waals surface area (Å²) < 4.78 is -0.0897. The van der Waals surface area contributed by atoms with Crippen LogP contribution < -0.4 is 10.1 Å². The maximum absolute atomic E-state index is 12.4. The van der Waals surface area contributed by atoms with Gasteiger partial charge in [0.2, 0.25) is 4.74 Å². The Morgan fingerprint density at radius 1 is 1.08 bits per heavy atom. The minimum atomic E-state index is -0.246. The Kier molecular flexibility index (Phi) is 5.06. The Hall–Kier alpha value is -2.46. The number of unbranched alkanes of at least 4 members (excludes halogenated alkanes) is 1. The SMILES string of the molecule is CCCCc1ccc(NC(=O)c2cc3ccccc3c(=O)s2)cc1. The molecule has 1 heterocycles. The molecule has 0 saturated heterocycles. The molecular weight excluding hydrogens is 318 g/mol. The van der Waals surface area contributed by atoms with Crippen LogP contribution in [-0.2, 0) is 6.42 Å². The first kappa shape index (κ1) is 16.4. The molecule has 24 heavy (non-hydrogen) atoms. The van der Waals surface area contributed by atoms with Gasteiger partial charge in [-0.3, -0.25) is 9.59 Å². The molecule has 0 aliphatic heterocycles. The molecule has 0 bridgehead atoms. The van der Waals surface area contributed by atoms with Crippen LogP contribution in [0.2, 0.25) is 0 Å². The van der Waals surface area contributed by atoms with E-state index >= 15 is 0 Å². The largest absolute Gasteiger partial charge is 0.321 e. The van der Waals surface area contributed by atoms with Gasteiger partial charge in [0.15, 0.2) is 0 Å². The third-order valence-corrected chi connectivity index (χ3v) is 4.85. The first-order valence-electron chi connectivity index (χ1n) is 8.10. The molecular formula is C20H19NO2S. The second-order valence-corrected chi connectivity index (χ2v) is 6.75. The Labute approximate surface area is 145 Å². The molecule has 0 atom stereocenters. The quantitative estimate of drug-likeness (QED) is 0.723. The van der Waals surface area contributed by atoms with Gasteiger partial charge in [0.25, 0.3) is 5.91 Å². The van der Waals surface area contributed by atoms with E-state index in [0.717, 1.165) is 35.3 Å². The highest BCUT2D eigenvalue weighted by molar-refractivity contribution is 7.12. The summed E-state index contributed by atoms with van der Waals surface area (Å²) in [6.45, 7) is 2.17. The van der Waals surface area contributed by atoms with Crippen LogP contribution in [0.15, 0.2) is 59.4 Å². The van der Waals surface area contributed by atoms with E-state index < -0.39 is 0 Å². The molecule has 0 unspecified atom stereocenters. The molecule has 3 nitrogen and oxygen atoms in total. The first-order chi connectivity index (χ1) is 11.7. The number of carbonyl (C=O) groups excluding carboxylic acids is 1. The third kappa shape index (κ3) is 3.71. The lowest BCUT2D eigenvalue weighted by molar-refractivity contribution is 0.103. The third-order valence-electron chi connectivity index (χ3n) is 3.92. The van der Waals surface area contributed by atoms with Crippen LogP contribution >= 0.6 is 11.3 Å². The molecule has 0 spiro atoms. The smallest absolute Gasteiger partial charge is 0.265 e. The van der Waals surface area contributed by atoms with Crippen molar-refractivity contribution in [3.63, 3.8) is 0 Å². The van der Waals surface area contributed by atoms with E-state index in [2.05, 4.69) is 12.2 Å². The molecule has 0 fully saturated rings. The fourth-order valence-corrected chi connectivity index (χ4v) is 3.40. The summed E-state index contributed by atoms with van der Waals surface area (Å²) in [6, 6.07) is 17.0. The highest BCUT2D eigenvalue weighted by Gasteiger charge is 2.10. The van der Waals surface area contributed by atoms with Gasteiger partial charge in [0, 0.05) is 11.1 Å². The number of rotatable bonds is 5. The molecule has 1 aromatic heterocycles. The Morgan fingerprint density at radius 2 is 1.83 bits per heavy atom. The van der Waals surface area contributed by atoms with E-state index in [-0.39, 0.29) is 10.6 Å². The lowest BCUT2D eigenvalue weighted by atomic mass is 10.1. The molecule has 0 radical (unpaired) electrons. The summed E-state index contributed by atoms with van der Waals surface area (Å²) in [4.78, 5) is 25.0. The molecule has 0 aliphatic rings. The van der Waals surface area contributed by atoms with E-state index in [0.29, 0.717) is 10.3 Å². The van der Waals surface area contributed by atoms with Crippen molar-refractivity contribution in [1.82, 2.24) is 0 Å². The predicted octanol–water partition coefficient (Wildman–Crippen LogP) is 4.86. The van der Waals surface area contributed by atoms with Crippen molar-refractivity contribution in [2.45, 2.75) is 26.2 Å². The fraction of sp³-hybridized carbons (Fsp3) is 0.200. The number of fused-ring (bicyclic) bond motifs is 1. The van der Waals surface area contributed by atoms with Gasteiger partial charge in [-0.15, -0.1) is 0 Å². The topological polar surface area (TPSA) is 46.2 Å². The number of aryl methyl sites for hydroxylation is 1. The summed E-state index contributed by atoms with van der Waals surface area (Å²) in [5.41, 5.74) is 2.01. The lowest BCUT2D eigenvalue weighted by Gasteiger charge is -2.07. The van der Waals surface area contributed by atoms with Gasteiger partial charge >= 0.3 is 0 Å². The zero-order valence-corrected chi connectivity index (χ0v) is 14.4. The molecule has 0 saturated carbocycles. The molecule has 3 rings (SSSR count).